The summed E-state index contributed by atoms with van der Waals surface area (Å²) in [4.78, 5) is 38.3. The maximum absolute atomic E-state index is 13.0. The number of rotatable bonds is 11. The average Bonchev–Trinajstić information content (AvgIpc) is 3.35. The van der Waals surface area contributed by atoms with Gasteiger partial charge in [0.15, 0.2) is 12.2 Å². The molecule has 12 heteroatoms. The van der Waals surface area contributed by atoms with Crippen LogP contribution in [0.25, 0.3) is 0 Å². The van der Waals surface area contributed by atoms with E-state index in [1.54, 1.807) is 42.5 Å². The molecular formula is C24H26Cl2N2O8. The molecule has 0 spiro atoms. The Morgan fingerprint density at radius 2 is 1.75 bits per heavy atom. The lowest BCUT2D eigenvalue weighted by Gasteiger charge is -2.28. The molecule has 0 aliphatic carbocycles. The molecule has 1 heterocycles. The normalized spacial score (nSPS) is 17.9. The van der Waals surface area contributed by atoms with Gasteiger partial charge in [-0.1, -0.05) is 41.4 Å². The van der Waals surface area contributed by atoms with Gasteiger partial charge in [0.2, 0.25) is 0 Å². The third kappa shape index (κ3) is 6.86. The summed E-state index contributed by atoms with van der Waals surface area (Å²) >= 11 is 12.3. The molecule has 1 aliphatic rings. The third-order valence-corrected chi connectivity index (χ3v) is 6.27. The number of carboxylic acid groups (broad SMARTS) is 1. The lowest BCUT2D eigenvalue weighted by molar-refractivity contribution is -0.154. The van der Waals surface area contributed by atoms with Crippen LogP contribution in [0.1, 0.15) is 11.1 Å². The molecule has 2 aromatic carbocycles. The van der Waals surface area contributed by atoms with Gasteiger partial charge in [0.1, 0.15) is 31.9 Å². The van der Waals surface area contributed by atoms with Gasteiger partial charge in [-0.25, -0.2) is 4.79 Å². The first-order valence-corrected chi connectivity index (χ1v) is 11.6. The molecule has 194 valence electrons. The van der Waals surface area contributed by atoms with Crippen LogP contribution in [0.2, 0.25) is 10.0 Å². The number of hydrogen-bond donors (Lipinski definition) is 2. The number of aliphatic carboxylic acids is 1. The van der Waals surface area contributed by atoms with E-state index in [1.807, 2.05) is 0 Å². The average molecular weight is 541 g/mol. The van der Waals surface area contributed by atoms with E-state index in [0.29, 0.717) is 26.9 Å². The van der Waals surface area contributed by atoms with Crippen molar-refractivity contribution in [3.63, 3.8) is 0 Å². The number of ether oxygens (including phenoxy) is 4. The highest BCUT2D eigenvalue weighted by Gasteiger charge is 2.43. The highest BCUT2D eigenvalue weighted by atomic mass is 35.5. The summed E-state index contributed by atoms with van der Waals surface area (Å²) in [6.07, 6.45) is -2.48. The monoisotopic (exact) mass is 540 g/mol. The van der Waals surface area contributed by atoms with E-state index >= 15 is 0 Å². The number of carboxylic acids is 1. The summed E-state index contributed by atoms with van der Waals surface area (Å²) in [6.45, 7) is -0.179. The van der Waals surface area contributed by atoms with E-state index in [4.69, 9.17) is 42.1 Å². The van der Waals surface area contributed by atoms with E-state index in [1.165, 1.54) is 14.2 Å². The summed E-state index contributed by atoms with van der Waals surface area (Å²) in [5.41, 5.74) is 1.31. The number of halogens is 2. The van der Waals surface area contributed by atoms with Crippen molar-refractivity contribution >= 4 is 41.0 Å². The Labute approximate surface area is 218 Å². The summed E-state index contributed by atoms with van der Waals surface area (Å²) in [5, 5.41) is 13.2. The second kappa shape index (κ2) is 12.9. The molecule has 0 saturated carbocycles. The fraction of sp³-hybridized carbons (Fsp3) is 0.375. The first kappa shape index (κ1) is 27.7. The maximum Gasteiger partial charge on any atom is 0.326 e. The Kier molecular flexibility index (Phi) is 9.91. The molecule has 2 amide bonds. The molecule has 2 aromatic rings. The van der Waals surface area contributed by atoms with Crippen LogP contribution in [0.15, 0.2) is 42.5 Å². The maximum atomic E-state index is 13.0. The van der Waals surface area contributed by atoms with Gasteiger partial charge in [-0.3, -0.25) is 9.59 Å². The number of nitrogens with zero attached hydrogens (tertiary/aromatic N) is 1. The third-order valence-electron chi connectivity index (χ3n) is 5.56. The molecule has 3 unspecified atom stereocenters. The predicted octanol–water partition coefficient (Wildman–Crippen LogP) is 2.49. The summed E-state index contributed by atoms with van der Waals surface area (Å²) < 4.78 is 21.0. The van der Waals surface area contributed by atoms with Crippen LogP contribution in [0.4, 0.5) is 0 Å². The van der Waals surface area contributed by atoms with Crippen molar-refractivity contribution in [1.29, 1.82) is 0 Å². The van der Waals surface area contributed by atoms with Gasteiger partial charge < -0.3 is 34.3 Å². The van der Waals surface area contributed by atoms with Gasteiger partial charge in [0.05, 0.1) is 0 Å². The number of benzene rings is 2. The Bertz CT molecular complexity index is 1060. The highest BCUT2D eigenvalue weighted by molar-refractivity contribution is 6.35. The SMILES string of the molecule is COCNC(=O)C1OCOC1C(=O)N(C)C(Cc1ccc(OCc2c(Cl)cccc2Cl)cc1)C(=O)O. The first-order valence-electron chi connectivity index (χ1n) is 10.9. The predicted molar refractivity (Wildman–Crippen MR) is 130 cm³/mol. The quantitative estimate of drug-likeness (QED) is 0.416. The van der Waals surface area contributed by atoms with E-state index in [2.05, 4.69) is 5.32 Å². The minimum atomic E-state index is -1.28. The molecule has 10 nitrogen and oxygen atoms in total. The molecule has 0 bridgehead atoms. The van der Waals surface area contributed by atoms with Gasteiger partial charge in [0.25, 0.3) is 11.8 Å². The molecule has 36 heavy (non-hydrogen) atoms. The number of amides is 2. The van der Waals surface area contributed by atoms with Crippen molar-refractivity contribution in [1.82, 2.24) is 10.2 Å². The van der Waals surface area contributed by atoms with Gasteiger partial charge in [-0.15, -0.1) is 0 Å². The van der Waals surface area contributed by atoms with Crippen molar-refractivity contribution in [3.05, 3.63) is 63.6 Å². The number of carbonyl (C=O) groups is 3. The molecule has 0 aromatic heterocycles. The van der Waals surface area contributed by atoms with E-state index in [0.717, 1.165) is 4.90 Å². The summed E-state index contributed by atoms with van der Waals surface area (Å²) in [7, 11) is 2.74. The number of carbonyl (C=O) groups excluding carboxylic acids is 2. The van der Waals surface area contributed by atoms with Crippen molar-refractivity contribution < 1.29 is 38.4 Å². The molecule has 1 aliphatic heterocycles. The Hall–Kier alpha value is -2.89. The van der Waals surface area contributed by atoms with Gasteiger partial charge in [-0.2, -0.15) is 0 Å². The summed E-state index contributed by atoms with van der Waals surface area (Å²) in [6, 6.07) is 10.7. The molecular weight excluding hydrogens is 515 g/mol. The second-order valence-corrected chi connectivity index (χ2v) is 8.72. The minimum Gasteiger partial charge on any atom is -0.489 e. The van der Waals surface area contributed by atoms with E-state index in [9.17, 15) is 19.5 Å². The zero-order valence-electron chi connectivity index (χ0n) is 19.6. The fourth-order valence-electron chi connectivity index (χ4n) is 3.53. The molecule has 1 fully saturated rings. The van der Waals surface area contributed by atoms with Crippen LogP contribution in [-0.4, -0.2) is 73.7 Å². The zero-order valence-corrected chi connectivity index (χ0v) is 21.1. The Balaban J connectivity index is 1.64. The molecule has 0 radical (unpaired) electrons. The van der Waals surface area contributed by atoms with Crippen LogP contribution < -0.4 is 10.1 Å². The van der Waals surface area contributed by atoms with Crippen molar-refractivity contribution in [3.8, 4) is 5.75 Å². The van der Waals surface area contributed by atoms with Crippen LogP contribution in [0.3, 0.4) is 0 Å². The smallest absolute Gasteiger partial charge is 0.326 e. The number of likely N-dealkylation sites (N-methyl/N-ethyl adjacent to an activating group) is 1. The minimum absolute atomic E-state index is 0.0162. The van der Waals surface area contributed by atoms with Crippen LogP contribution in [0, 0.1) is 0 Å². The lowest BCUT2D eigenvalue weighted by Crippen LogP contribution is -2.53. The summed E-state index contributed by atoms with van der Waals surface area (Å²) in [5.74, 6) is -1.96. The van der Waals surface area contributed by atoms with Crippen LogP contribution in [-0.2, 0) is 41.6 Å². The fourth-order valence-corrected chi connectivity index (χ4v) is 4.04. The number of hydrogen-bond acceptors (Lipinski definition) is 7. The zero-order chi connectivity index (χ0) is 26.2. The molecule has 3 rings (SSSR count). The van der Waals surface area contributed by atoms with E-state index < -0.39 is 36.0 Å². The van der Waals surface area contributed by atoms with Gasteiger partial charge in [-0.05, 0) is 29.8 Å². The molecule has 1 saturated heterocycles. The van der Waals surface area contributed by atoms with Crippen molar-refractivity contribution in [2.75, 3.05) is 27.7 Å². The van der Waals surface area contributed by atoms with Gasteiger partial charge in [0, 0.05) is 36.2 Å². The Morgan fingerprint density at radius 1 is 1.11 bits per heavy atom. The standard InChI is InChI=1S/C24H26Cl2N2O8/c1-28(23(30)21-20(35-13-36-21)22(29)27-12-33-2)19(24(31)32)10-14-6-8-15(9-7-14)34-11-16-17(25)4-3-5-18(16)26/h3-9,19-21H,10-13H2,1-2H3,(H,27,29)(H,31,32). The van der Waals surface area contributed by atoms with Crippen LogP contribution >= 0.6 is 23.2 Å². The topological polar surface area (TPSA) is 124 Å². The highest BCUT2D eigenvalue weighted by Crippen LogP contribution is 2.26. The van der Waals surface area contributed by atoms with Crippen LogP contribution in [0.5, 0.6) is 5.75 Å². The second-order valence-electron chi connectivity index (χ2n) is 7.91. The largest absolute Gasteiger partial charge is 0.489 e. The Morgan fingerprint density at radius 3 is 2.36 bits per heavy atom. The number of methoxy groups -OCH3 is 1. The van der Waals surface area contributed by atoms with Crippen molar-refractivity contribution in [2.45, 2.75) is 31.3 Å². The van der Waals surface area contributed by atoms with Gasteiger partial charge >= 0.3 is 5.97 Å². The number of nitrogens with one attached hydrogen (secondary N) is 1. The molecule has 3 atom stereocenters. The van der Waals surface area contributed by atoms with E-state index in [-0.39, 0.29) is 26.6 Å². The lowest BCUT2D eigenvalue weighted by atomic mass is 10.0. The molecule has 2 N–H and O–H groups in total. The first-order chi connectivity index (χ1) is 17.2. The van der Waals surface area contributed by atoms with Crippen molar-refractivity contribution in [2.24, 2.45) is 0 Å².